The van der Waals surface area contributed by atoms with Crippen LogP contribution in [0.15, 0.2) is 0 Å². The maximum atomic E-state index is 6.79. The van der Waals surface area contributed by atoms with Crippen molar-refractivity contribution in [3.8, 4) is 0 Å². The van der Waals surface area contributed by atoms with Crippen LogP contribution in [-0.2, 0) is 0 Å². The van der Waals surface area contributed by atoms with E-state index in [9.17, 15) is 0 Å². The molecule has 2 saturated heterocycles. The van der Waals surface area contributed by atoms with Crippen molar-refractivity contribution in [2.75, 3.05) is 59.9 Å². The SMILES string of the molecule is CC1C(C)N2CCN(C)CCCN1CCN(C)CCC2(Cl)Cl. The van der Waals surface area contributed by atoms with Gasteiger partial charge in [-0.2, -0.15) is 0 Å². The first-order valence-electron chi connectivity index (χ1n) is 8.57. The Morgan fingerprint density at radius 1 is 0.773 bits per heavy atom. The van der Waals surface area contributed by atoms with Crippen LogP contribution in [0.2, 0.25) is 0 Å². The minimum atomic E-state index is -0.787. The van der Waals surface area contributed by atoms with Gasteiger partial charge >= 0.3 is 0 Å². The monoisotopic (exact) mass is 350 g/mol. The summed E-state index contributed by atoms with van der Waals surface area (Å²) in [5, 5.41) is 0. The van der Waals surface area contributed by atoms with Crippen LogP contribution in [0.1, 0.15) is 26.7 Å². The van der Waals surface area contributed by atoms with Crippen molar-refractivity contribution in [1.29, 1.82) is 0 Å². The van der Waals surface area contributed by atoms with Crippen LogP contribution in [0.5, 0.6) is 0 Å². The molecule has 6 heteroatoms. The van der Waals surface area contributed by atoms with Crippen LogP contribution < -0.4 is 0 Å². The summed E-state index contributed by atoms with van der Waals surface area (Å²) in [6.45, 7) is 12.0. The third-order valence-corrected chi connectivity index (χ3v) is 6.27. The van der Waals surface area contributed by atoms with Crippen molar-refractivity contribution < 1.29 is 0 Å². The summed E-state index contributed by atoms with van der Waals surface area (Å²) in [6, 6.07) is 0.816. The van der Waals surface area contributed by atoms with Gasteiger partial charge in [-0.25, -0.2) is 0 Å². The highest BCUT2D eigenvalue weighted by molar-refractivity contribution is 6.48. The van der Waals surface area contributed by atoms with Crippen LogP contribution >= 0.6 is 23.2 Å². The molecule has 0 aliphatic carbocycles. The van der Waals surface area contributed by atoms with Gasteiger partial charge in [-0.3, -0.25) is 9.80 Å². The largest absolute Gasteiger partial charge is 0.305 e. The Balaban J connectivity index is 2.28. The summed E-state index contributed by atoms with van der Waals surface area (Å²) in [4.78, 5) is 9.68. The van der Waals surface area contributed by atoms with E-state index in [1.54, 1.807) is 0 Å². The molecule has 0 aromatic carbocycles. The van der Waals surface area contributed by atoms with Crippen molar-refractivity contribution in [2.24, 2.45) is 0 Å². The van der Waals surface area contributed by atoms with Crippen molar-refractivity contribution in [3.63, 3.8) is 0 Å². The first kappa shape index (κ1) is 18.8. The molecule has 2 aliphatic rings. The van der Waals surface area contributed by atoms with Crippen molar-refractivity contribution >= 4 is 23.2 Å². The fourth-order valence-corrected chi connectivity index (χ4v) is 4.21. The second kappa shape index (κ2) is 8.00. The quantitative estimate of drug-likeness (QED) is 0.490. The molecule has 4 unspecified atom stereocenters. The smallest absolute Gasteiger partial charge is 0.172 e. The van der Waals surface area contributed by atoms with E-state index in [2.05, 4.69) is 47.5 Å². The fourth-order valence-electron chi connectivity index (χ4n) is 3.56. The number of hydrogen-bond acceptors (Lipinski definition) is 4. The van der Waals surface area contributed by atoms with Crippen LogP contribution in [0.3, 0.4) is 0 Å². The molecule has 0 aromatic rings. The second-order valence-electron chi connectivity index (χ2n) is 7.09. The van der Waals surface area contributed by atoms with Gasteiger partial charge in [-0.1, -0.05) is 23.2 Å². The van der Waals surface area contributed by atoms with E-state index in [4.69, 9.17) is 23.2 Å². The summed E-state index contributed by atoms with van der Waals surface area (Å²) in [5.41, 5.74) is 0. The van der Waals surface area contributed by atoms with E-state index < -0.39 is 4.46 Å². The van der Waals surface area contributed by atoms with Crippen LogP contribution in [0.4, 0.5) is 0 Å². The molecule has 0 radical (unpaired) electrons. The average Bonchev–Trinajstić information content (AvgIpc) is 2.46. The topological polar surface area (TPSA) is 13.0 Å². The minimum Gasteiger partial charge on any atom is -0.305 e. The summed E-state index contributed by atoms with van der Waals surface area (Å²) < 4.78 is -0.787. The maximum absolute atomic E-state index is 6.79. The van der Waals surface area contributed by atoms with Crippen molar-refractivity contribution in [2.45, 2.75) is 43.2 Å². The Bertz CT molecular complexity index is 353. The van der Waals surface area contributed by atoms with Gasteiger partial charge in [0.1, 0.15) is 0 Å². The maximum Gasteiger partial charge on any atom is 0.172 e. The Morgan fingerprint density at radius 2 is 1.41 bits per heavy atom. The van der Waals surface area contributed by atoms with Gasteiger partial charge in [0, 0.05) is 51.2 Å². The third-order valence-electron chi connectivity index (χ3n) is 5.46. The predicted molar refractivity (Wildman–Crippen MR) is 95.9 cm³/mol. The van der Waals surface area contributed by atoms with Gasteiger partial charge in [-0.05, 0) is 47.5 Å². The number of alkyl halides is 2. The van der Waals surface area contributed by atoms with Gasteiger partial charge in [0.05, 0.1) is 0 Å². The van der Waals surface area contributed by atoms with E-state index in [0.29, 0.717) is 12.1 Å². The minimum absolute atomic E-state index is 0.352. The average molecular weight is 351 g/mol. The van der Waals surface area contributed by atoms with Gasteiger partial charge in [0.15, 0.2) is 4.46 Å². The van der Waals surface area contributed by atoms with Crippen LogP contribution in [-0.4, -0.2) is 96.0 Å². The molecule has 130 valence electrons. The highest BCUT2D eigenvalue weighted by Crippen LogP contribution is 2.34. The zero-order valence-electron chi connectivity index (χ0n) is 14.6. The summed E-state index contributed by atoms with van der Waals surface area (Å²) >= 11 is 13.6. The van der Waals surface area contributed by atoms with Crippen LogP contribution in [0.25, 0.3) is 0 Å². The Labute approximate surface area is 146 Å². The fraction of sp³-hybridized carbons (Fsp3) is 1.00. The zero-order chi connectivity index (χ0) is 16.3. The van der Waals surface area contributed by atoms with Crippen LogP contribution in [0, 0.1) is 0 Å². The zero-order valence-corrected chi connectivity index (χ0v) is 16.1. The van der Waals surface area contributed by atoms with Gasteiger partial charge < -0.3 is 9.80 Å². The molecule has 22 heavy (non-hydrogen) atoms. The molecule has 0 amide bonds. The molecule has 0 saturated carbocycles. The first-order chi connectivity index (χ1) is 10.3. The van der Waals surface area contributed by atoms with E-state index >= 15 is 0 Å². The molecule has 4 nitrogen and oxygen atoms in total. The predicted octanol–water partition coefficient (Wildman–Crippen LogP) is 2.17. The van der Waals surface area contributed by atoms with E-state index in [1.807, 2.05) is 0 Å². The Kier molecular flexibility index (Phi) is 6.82. The standard InChI is InChI=1S/C16H32Cl2N4/c1-14-15(2)22-13-11-19(3)7-5-8-21(14)12-10-20(4)9-6-16(22,17)18/h14-15H,5-13H2,1-4H3. The number of nitrogens with zero attached hydrogens (tertiary/aromatic N) is 4. The Hall–Kier alpha value is 0.420. The lowest BCUT2D eigenvalue weighted by atomic mass is 10.1. The van der Waals surface area contributed by atoms with Gasteiger partial charge in [0.25, 0.3) is 0 Å². The highest BCUT2D eigenvalue weighted by Gasteiger charge is 2.39. The summed E-state index contributed by atoms with van der Waals surface area (Å²) in [5.74, 6) is 0. The summed E-state index contributed by atoms with van der Waals surface area (Å²) in [6.07, 6.45) is 2.01. The van der Waals surface area contributed by atoms with Gasteiger partial charge in [0.2, 0.25) is 0 Å². The molecule has 2 aliphatic heterocycles. The van der Waals surface area contributed by atoms with Crippen molar-refractivity contribution in [1.82, 2.24) is 19.6 Å². The third kappa shape index (κ3) is 4.71. The molecule has 2 bridgehead atoms. The molecule has 2 fully saturated rings. The lowest BCUT2D eigenvalue weighted by Crippen LogP contribution is -2.59. The number of hydrogen-bond donors (Lipinski definition) is 0. The molecule has 0 N–H and O–H groups in total. The van der Waals surface area contributed by atoms with Gasteiger partial charge in [-0.15, -0.1) is 0 Å². The lowest BCUT2D eigenvalue weighted by molar-refractivity contribution is 0.0386. The molecule has 0 spiro atoms. The van der Waals surface area contributed by atoms with E-state index in [-0.39, 0.29) is 0 Å². The molecule has 4 atom stereocenters. The second-order valence-corrected chi connectivity index (χ2v) is 8.53. The lowest BCUT2D eigenvalue weighted by Gasteiger charge is -2.47. The highest BCUT2D eigenvalue weighted by atomic mass is 35.5. The Morgan fingerprint density at radius 3 is 2.14 bits per heavy atom. The summed E-state index contributed by atoms with van der Waals surface area (Å²) in [7, 11) is 4.36. The molecular weight excluding hydrogens is 319 g/mol. The first-order valence-corrected chi connectivity index (χ1v) is 9.32. The number of halogens is 2. The normalized spacial score (nSPS) is 39.5. The number of likely N-dealkylation sites (N-methyl/N-ethyl adjacent to an activating group) is 2. The number of rotatable bonds is 0. The van der Waals surface area contributed by atoms with E-state index in [1.165, 1.54) is 6.42 Å². The van der Waals surface area contributed by atoms with Crippen molar-refractivity contribution in [3.05, 3.63) is 0 Å². The molecule has 2 heterocycles. The van der Waals surface area contributed by atoms with E-state index in [0.717, 1.165) is 52.2 Å². The molecular formula is C16H32Cl2N4. The molecule has 2 rings (SSSR count). The number of fused-ring (bicyclic) bond motifs is 3. The molecule has 0 aromatic heterocycles.